The van der Waals surface area contributed by atoms with E-state index in [4.69, 9.17) is 14.6 Å². The molecule has 9 heteroatoms. The molecule has 0 saturated carbocycles. The zero-order valence-electron chi connectivity index (χ0n) is 14.0. The number of anilines is 1. The Labute approximate surface area is 151 Å². The minimum atomic E-state index is -3.79. The Hall–Kier alpha value is -2.91. The zero-order chi connectivity index (χ0) is 19.2. The number of primary sulfonamides is 1. The van der Waals surface area contributed by atoms with Crippen LogP contribution in [0.15, 0.2) is 47.4 Å². The molecule has 0 saturated heterocycles. The Morgan fingerprint density at radius 2 is 1.81 bits per heavy atom. The van der Waals surface area contributed by atoms with Crippen LogP contribution in [0, 0.1) is 0 Å². The zero-order valence-corrected chi connectivity index (χ0v) is 14.8. The third-order valence-electron chi connectivity index (χ3n) is 3.23. The van der Waals surface area contributed by atoms with Crippen molar-refractivity contribution >= 4 is 27.9 Å². The van der Waals surface area contributed by atoms with Gasteiger partial charge in [0.1, 0.15) is 6.29 Å². The minimum absolute atomic E-state index is 0.0524. The molecule has 26 heavy (non-hydrogen) atoms. The smallest absolute Gasteiger partial charge is 0.262 e. The van der Waals surface area contributed by atoms with Crippen molar-refractivity contribution in [2.45, 2.75) is 11.8 Å². The van der Waals surface area contributed by atoms with E-state index in [-0.39, 0.29) is 11.5 Å². The van der Waals surface area contributed by atoms with Crippen LogP contribution in [0.3, 0.4) is 0 Å². The molecule has 1 amide bonds. The van der Waals surface area contributed by atoms with Gasteiger partial charge >= 0.3 is 0 Å². The lowest BCUT2D eigenvalue weighted by Crippen LogP contribution is -2.20. The van der Waals surface area contributed by atoms with Crippen LogP contribution in [0.1, 0.15) is 17.3 Å². The lowest BCUT2D eigenvalue weighted by atomic mass is 10.2. The minimum Gasteiger partial charge on any atom is -0.490 e. The van der Waals surface area contributed by atoms with Gasteiger partial charge in [0.2, 0.25) is 10.0 Å². The lowest BCUT2D eigenvalue weighted by molar-refractivity contribution is -0.118. The van der Waals surface area contributed by atoms with E-state index in [1.54, 1.807) is 19.1 Å². The van der Waals surface area contributed by atoms with Crippen LogP contribution in [-0.2, 0) is 14.8 Å². The second kappa shape index (κ2) is 8.45. The summed E-state index contributed by atoms with van der Waals surface area (Å²) in [5.74, 6) is 0.245. The van der Waals surface area contributed by atoms with Crippen molar-refractivity contribution in [1.82, 2.24) is 0 Å². The maximum absolute atomic E-state index is 12.0. The monoisotopic (exact) mass is 378 g/mol. The fourth-order valence-corrected chi connectivity index (χ4v) is 2.57. The number of rotatable bonds is 8. The average molecular weight is 378 g/mol. The summed E-state index contributed by atoms with van der Waals surface area (Å²) in [6, 6.07) is 10.0. The first-order valence-electron chi connectivity index (χ1n) is 7.61. The van der Waals surface area contributed by atoms with E-state index in [9.17, 15) is 18.0 Å². The molecule has 2 aromatic rings. The summed E-state index contributed by atoms with van der Waals surface area (Å²) in [6.45, 7) is 1.87. The van der Waals surface area contributed by atoms with E-state index in [0.717, 1.165) is 0 Å². The third-order valence-corrected chi connectivity index (χ3v) is 4.16. The normalized spacial score (nSPS) is 10.8. The molecule has 0 bridgehead atoms. The molecule has 8 nitrogen and oxygen atoms in total. The van der Waals surface area contributed by atoms with Gasteiger partial charge in [0.15, 0.2) is 18.1 Å². The molecule has 0 fully saturated rings. The molecule has 0 aromatic heterocycles. The highest BCUT2D eigenvalue weighted by molar-refractivity contribution is 7.89. The number of amides is 1. The van der Waals surface area contributed by atoms with Gasteiger partial charge in [-0.3, -0.25) is 9.59 Å². The Morgan fingerprint density at radius 3 is 2.38 bits per heavy atom. The third kappa shape index (κ3) is 5.30. The SMILES string of the molecule is CCOc1cc(C=O)ccc1OCC(=O)Nc1ccc(S(N)(=O)=O)cc1. The Morgan fingerprint density at radius 1 is 1.12 bits per heavy atom. The summed E-state index contributed by atoms with van der Waals surface area (Å²) in [5, 5.41) is 7.58. The topological polar surface area (TPSA) is 125 Å². The van der Waals surface area contributed by atoms with E-state index >= 15 is 0 Å². The van der Waals surface area contributed by atoms with Crippen LogP contribution >= 0.6 is 0 Å². The van der Waals surface area contributed by atoms with E-state index in [2.05, 4.69) is 5.32 Å². The van der Waals surface area contributed by atoms with Crippen LogP contribution in [0.4, 0.5) is 5.69 Å². The summed E-state index contributed by atoms with van der Waals surface area (Å²) >= 11 is 0. The highest BCUT2D eigenvalue weighted by atomic mass is 32.2. The Balaban J connectivity index is 1.99. The van der Waals surface area contributed by atoms with Crippen molar-refractivity contribution in [3.63, 3.8) is 0 Å². The predicted octanol–water partition coefficient (Wildman–Crippen LogP) is 1.56. The second-order valence-electron chi connectivity index (χ2n) is 5.16. The number of aldehydes is 1. The number of nitrogens with two attached hydrogens (primary N) is 1. The van der Waals surface area contributed by atoms with Crippen LogP contribution in [0.25, 0.3) is 0 Å². The van der Waals surface area contributed by atoms with Crippen LogP contribution in [-0.4, -0.2) is 33.8 Å². The first kappa shape index (κ1) is 19.4. The van der Waals surface area contributed by atoms with E-state index in [0.29, 0.717) is 35.6 Å². The fourth-order valence-electron chi connectivity index (χ4n) is 2.05. The lowest BCUT2D eigenvalue weighted by Gasteiger charge is -2.12. The first-order valence-corrected chi connectivity index (χ1v) is 9.15. The van der Waals surface area contributed by atoms with Gasteiger partial charge in [-0.25, -0.2) is 13.6 Å². The van der Waals surface area contributed by atoms with Crippen molar-refractivity contribution in [2.24, 2.45) is 5.14 Å². The first-order chi connectivity index (χ1) is 12.3. The highest BCUT2D eigenvalue weighted by Gasteiger charge is 2.11. The maximum Gasteiger partial charge on any atom is 0.262 e. The van der Waals surface area contributed by atoms with Crippen LogP contribution in [0.5, 0.6) is 11.5 Å². The van der Waals surface area contributed by atoms with Gasteiger partial charge in [0.05, 0.1) is 11.5 Å². The van der Waals surface area contributed by atoms with E-state index < -0.39 is 15.9 Å². The van der Waals surface area contributed by atoms with Crippen molar-refractivity contribution in [1.29, 1.82) is 0 Å². The fraction of sp³-hybridized carbons (Fsp3) is 0.176. The molecule has 0 atom stereocenters. The largest absolute Gasteiger partial charge is 0.490 e. The van der Waals surface area contributed by atoms with E-state index in [1.807, 2.05) is 0 Å². The summed E-state index contributed by atoms with van der Waals surface area (Å²) in [5.41, 5.74) is 0.826. The van der Waals surface area contributed by atoms with Gasteiger partial charge in [-0.1, -0.05) is 0 Å². The predicted molar refractivity (Wildman–Crippen MR) is 94.9 cm³/mol. The Kier molecular flexibility index (Phi) is 6.31. The van der Waals surface area contributed by atoms with Gasteiger partial charge in [0.25, 0.3) is 5.91 Å². The molecule has 0 aliphatic carbocycles. The standard InChI is InChI=1S/C17H18N2O6S/c1-2-24-16-9-12(10-20)3-8-15(16)25-11-17(21)19-13-4-6-14(7-5-13)26(18,22)23/h3-10H,2,11H2,1H3,(H,19,21)(H2,18,22,23). The van der Waals surface area contributed by atoms with E-state index in [1.165, 1.54) is 30.3 Å². The number of hydrogen-bond acceptors (Lipinski definition) is 6. The van der Waals surface area contributed by atoms with Gasteiger partial charge in [-0.2, -0.15) is 0 Å². The molecule has 0 heterocycles. The molecular formula is C17H18N2O6S. The van der Waals surface area contributed by atoms with Gasteiger partial charge < -0.3 is 14.8 Å². The Bertz CT molecular complexity index is 894. The molecule has 2 aromatic carbocycles. The molecule has 0 aliphatic rings. The maximum atomic E-state index is 12.0. The molecule has 0 spiro atoms. The van der Waals surface area contributed by atoms with Crippen molar-refractivity contribution < 1.29 is 27.5 Å². The number of sulfonamides is 1. The van der Waals surface area contributed by atoms with Crippen molar-refractivity contribution in [3.05, 3.63) is 48.0 Å². The van der Waals surface area contributed by atoms with Crippen molar-refractivity contribution in [3.8, 4) is 11.5 Å². The number of carbonyl (C=O) groups is 2. The summed E-state index contributed by atoms with van der Waals surface area (Å²) in [7, 11) is -3.79. The van der Waals surface area contributed by atoms with Crippen LogP contribution in [0.2, 0.25) is 0 Å². The molecule has 0 aliphatic heterocycles. The molecular weight excluding hydrogens is 360 g/mol. The molecule has 3 N–H and O–H groups in total. The number of carbonyl (C=O) groups excluding carboxylic acids is 2. The van der Waals surface area contributed by atoms with Crippen molar-refractivity contribution in [2.75, 3.05) is 18.5 Å². The quantitative estimate of drug-likeness (QED) is 0.672. The number of hydrogen-bond donors (Lipinski definition) is 2. The molecule has 138 valence electrons. The van der Waals surface area contributed by atoms with Gasteiger partial charge in [-0.15, -0.1) is 0 Å². The highest BCUT2D eigenvalue weighted by Crippen LogP contribution is 2.28. The average Bonchev–Trinajstić information content (AvgIpc) is 2.60. The summed E-state index contributed by atoms with van der Waals surface area (Å²) in [6.07, 6.45) is 0.685. The molecule has 0 radical (unpaired) electrons. The number of nitrogens with one attached hydrogen (secondary N) is 1. The summed E-state index contributed by atoms with van der Waals surface area (Å²) < 4.78 is 33.2. The number of ether oxygens (including phenoxy) is 2. The van der Waals surface area contributed by atoms with Gasteiger partial charge in [0, 0.05) is 11.3 Å². The molecule has 2 rings (SSSR count). The number of benzene rings is 2. The molecule has 0 unspecified atom stereocenters. The second-order valence-corrected chi connectivity index (χ2v) is 6.72. The van der Waals surface area contributed by atoms with Gasteiger partial charge in [-0.05, 0) is 49.4 Å². The van der Waals surface area contributed by atoms with Crippen LogP contribution < -0.4 is 19.9 Å². The summed E-state index contributed by atoms with van der Waals surface area (Å²) in [4.78, 5) is 22.8.